The van der Waals surface area contributed by atoms with Gasteiger partial charge in [0.2, 0.25) is 0 Å². The van der Waals surface area contributed by atoms with Crippen molar-refractivity contribution in [3.8, 4) is 0 Å². The molecule has 0 bridgehead atoms. The zero-order valence-electron chi connectivity index (χ0n) is 18.5. The molecule has 1 amide bonds. The van der Waals surface area contributed by atoms with Crippen LogP contribution in [0.4, 0.5) is 4.79 Å². The highest BCUT2D eigenvalue weighted by Crippen LogP contribution is 2.18. The van der Waals surface area contributed by atoms with Crippen molar-refractivity contribution in [1.29, 1.82) is 0 Å². The average Bonchev–Trinajstić information content (AvgIpc) is 2.70. The number of guanidine groups is 1. The van der Waals surface area contributed by atoms with Gasteiger partial charge in [0, 0.05) is 52.4 Å². The first-order valence-corrected chi connectivity index (χ1v) is 10.6. The number of rotatable bonds is 4. The first-order valence-electron chi connectivity index (χ1n) is 10.6. The topological polar surface area (TPSA) is 74.4 Å². The number of amides is 1. The Hall–Kier alpha value is -1.55. The molecule has 1 saturated heterocycles. The van der Waals surface area contributed by atoms with Crippen LogP contribution >= 0.6 is 24.0 Å². The fourth-order valence-electron chi connectivity index (χ4n) is 3.78. The molecule has 0 aliphatic carbocycles. The van der Waals surface area contributed by atoms with Crippen molar-refractivity contribution in [3.05, 3.63) is 35.4 Å². The molecule has 3 rings (SSSR count). The molecule has 168 valence electrons. The second-order valence-electron chi connectivity index (χ2n) is 8.84. The molecule has 1 fully saturated rings. The molecule has 0 atom stereocenters. The second kappa shape index (κ2) is 11.2. The molecule has 30 heavy (non-hydrogen) atoms. The van der Waals surface area contributed by atoms with E-state index in [2.05, 4.69) is 39.1 Å². The molecule has 0 radical (unpaired) electrons. The lowest BCUT2D eigenvalue weighted by molar-refractivity contribution is 0.0186. The summed E-state index contributed by atoms with van der Waals surface area (Å²) in [4.78, 5) is 23.0. The second-order valence-corrected chi connectivity index (χ2v) is 8.84. The predicted octanol–water partition coefficient (Wildman–Crippen LogP) is 2.92. The van der Waals surface area contributed by atoms with E-state index in [0.717, 1.165) is 39.0 Å². The fourth-order valence-corrected chi connectivity index (χ4v) is 3.78. The first-order chi connectivity index (χ1) is 13.8. The van der Waals surface area contributed by atoms with Crippen LogP contribution in [0.2, 0.25) is 0 Å². The van der Waals surface area contributed by atoms with Crippen molar-refractivity contribution < 1.29 is 9.53 Å². The number of hydrogen-bond donors (Lipinski definition) is 1. The first kappa shape index (κ1) is 24.7. The van der Waals surface area contributed by atoms with E-state index in [4.69, 9.17) is 10.5 Å². The zero-order valence-corrected chi connectivity index (χ0v) is 20.8. The number of aliphatic imine (C=N–C) groups is 1. The maximum atomic E-state index is 12.1. The van der Waals surface area contributed by atoms with Crippen LogP contribution < -0.4 is 5.73 Å². The highest BCUT2D eigenvalue weighted by Gasteiger charge is 2.26. The third kappa shape index (κ3) is 7.30. The van der Waals surface area contributed by atoms with Crippen molar-refractivity contribution >= 4 is 36.0 Å². The molecule has 2 aliphatic rings. The molecular weight excluding hydrogens is 493 g/mol. The molecule has 0 spiro atoms. The van der Waals surface area contributed by atoms with Gasteiger partial charge >= 0.3 is 6.09 Å². The van der Waals surface area contributed by atoms with Crippen LogP contribution in [0.1, 0.15) is 38.3 Å². The Kier molecular flexibility index (Phi) is 9.21. The number of hydrogen-bond acceptors (Lipinski definition) is 4. The van der Waals surface area contributed by atoms with E-state index in [1.54, 1.807) is 4.90 Å². The summed E-state index contributed by atoms with van der Waals surface area (Å²) in [6.07, 6.45) is 1.88. The minimum Gasteiger partial charge on any atom is -0.444 e. The Morgan fingerprint density at radius 2 is 1.70 bits per heavy atom. The van der Waals surface area contributed by atoms with E-state index >= 15 is 0 Å². The highest BCUT2D eigenvalue weighted by atomic mass is 127. The van der Waals surface area contributed by atoms with Gasteiger partial charge in [0.15, 0.2) is 5.96 Å². The van der Waals surface area contributed by atoms with Crippen molar-refractivity contribution in [2.24, 2.45) is 10.7 Å². The van der Waals surface area contributed by atoms with Gasteiger partial charge in [-0.25, -0.2) is 4.79 Å². The van der Waals surface area contributed by atoms with Crippen LogP contribution in [0.5, 0.6) is 0 Å². The minimum atomic E-state index is -0.467. The fraction of sp³-hybridized carbons (Fsp3) is 0.636. The normalized spacial score (nSPS) is 17.9. The Balaban J connectivity index is 0.00000320. The maximum absolute atomic E-state index is 12.1. The molecule has 0 aromatic heterocycles. The Morgan fingerprint density at radius 3 is 2.37 bits per heavy atom. The molecule has 1 aromatic carbocycles. The van der Waals surface area contributed by atoms with Crippen LogP contribution in [-0.4, -0.2) is 78.2 Å². The van der Waals surface area contributed by atoms with E-state index in [-0.39, 0.29) is 30.1 Å². The number of nitrogens with zero attached hydrogens (tertiary/aromatic N) is 4. The summed E-state index contributed by atoms with van der Waals surface area (Å²) in [6.45, 7) is 12.2. The van der Waals surface area contributed by atoms with Crippen molar-refractivity contribution in [1.82, 2.24) is 14.7 Å². The van der Waals surface area contributed by atoms with Gasteiger partial charge in [0.1, 0.15) is 5.60 Å². The Morgan fingerprint density at radius 1 is 1.07 bits per heavy atom. The largest absolute Gasteiger partial charge is 0.444 e. The van der Waals surface area contributed by atoms with E-state index in [1.165, 1.54) is 11.1 Å². The lowest BCUT2D eigenvalue weighted by Gasteiger charge is -2.36. The smallest absolute Gasteiger partial charge is 0.410 e. The number of piperazine rings is 1. The molecule has 2 aliphatic heterocycles. The van der Waals surface area contributed by atoms with Crippen LogP contribution in [0.15, 0.2) is 29.3 Å². The maximum Gasteiger partial charge on any atom is 0.410 e. The molecule has 1 aromatic rings. The Bertz CT molecular complexity index is 726. The average molecular weight is 529 g/mol. The van der Waals surface area contributed by atoms with Gasteiger partial charge in [-0.05, 0) is 44.7 Å². The Labute approximate surface area is 197 Å². The number of benzene rings is 1. The predicted molar refractivity (Wildman–Crippen MR) is 131 cm³/mol. The van der Waals surface area contributed by atoms with Crippen LogP contribution in [-0.2, 0) is 17.7 Å². The lowest BCUT2D eigenvalue weighted by atomic mass is 10.00. The van der Waals surface area contributed by atoms with Gasteiger partial charge in [-0.3, -0.25) is 9.89 Å². The van der Waals surface area contributed by atoms with Gasteiger partial charge in [0.05, 0.1) is 0 Å². The summed E-state index contributed by atoms with van der Waals surface area (Å²) < 4.78 is 5.43. The van der Waals surface area contributed by atoms with Crippen LogP contribution in [0.25, 0.3) is 0 Å². The highest BCUT2D eigenvalue weighted by molar-refractivity contribution is 14.0. The van der Waals surface area contributed by atoms with Crippen LogP contribution in [0.3, 0.4) is 0 Å². The standard InChI is InChI=1S/C22H35N5O2.HI/c1-22(2,3)29-21(28)27-15-13-26(14-16-27)20(23)24-10-6-11-25-12-9-18-7-4-5-8-19(18)17-25;/h4-5,7-8H,6,9-17H2,1-3H3,(H2,23,24);1H. The van der Waals surface area contributed by atoms with E-state index in [1.807, 2.05) is 20.8 Å². The number of carbonyl (C=O) groups excluding carboxylic acids is 1. The molecule has 2 N–H and O–H groups in total. The third-order valence-electron chi connectivity index (χ3n) is 5.37. The van der Waals surface area contributed by atoms with Crippen molar-refractivity contribution in [2.45, 2.75) is 45.8 Å². The summed E-state index contributed by atoms with van der Waals surface area (Å²) in [5.41, 5.74) is 8.65. The van der Waals surface area contributed by atoms with E-state index < -0.39 is 5.60 Å². The minimum absolute atomic E-state index is 0. The summed E-state index contributed by atoms with van der Waals surface area (Å²) in [7, 11) is 0. The molecular formula is C22H36IN5O2. The van der Waals surface area contributed by atoms with Gasteiger partial charge < -0.3 is 20.3 Å². The van der Waals surface area contributed by atoms with Crippen molar-refractivity contribution in [3.63, 3.8) is 0 Å². The van der Waals surface area contributed by atoms with Gasteiger partial charge in [-0.15, -0.1) is 24.0 Å². The summed E-state index contributed by atoms with van der Waals surface area (Å²) in [6, 6.07) is 8.71. The van der Waals surface area contributed by atoms with Gasteiger partial charge in [-0.2, -0.15) is 0 Å². The monoisotopic (exact) mass is 529 g/mol. The summed E-state index contributed by atoms with van der Waals surface area (Å²) in [5.74, 6) is 0.581. The summed E-state index contributed by atoms with van der Waals surface area (Å²) >= 11 is 0. The quantitative estimate of drug-likeness (QED) is 0.281. The van der Waals surface area contributed by atoms with Gasteiger partial charge in [0.25, 0.3) is 0 Å². The third-order valence-corrected chi connectivity index (χ3v) is 5.37. The summed E-state index contributed by atoms with van der Waals surface area (Å²) in [5, 5.41) is 0. The molecule has 0 saturated carbocycles. The number of fused-ring (bicyclic) bond motifs is 1. The number of ether oxygens (including phenoxy) is 1. The number of halogens is 1. The molecule has 7 nitrogen and oxygen atoms in total. The van der Waals surface area contributed by atoms with Crippen molar-refractivity contribution in [2.75, 3.05) is 45.8 Å². The molecule has 2 heterocycles. The SMILES string of the molecule is CC(C)(C)OC(=O)N1CCN(C(N)=NCCCN2CCc3ccccc3C2)CC1.I. The van der Waals surface area contributed by atoms with Gasteiger partial charge in [-0.1, -0.05) is 24.3 Å². The lowest BCUT2D eigenvalue weighted by Crippen LogP contribution is -2.53. The zero-order chi connectivity index (χ0) is 20.9. The van der Waals surface area contributed by atoms with E-state index in [0.29, 0.717) is 32.1 Å². The number of nitrogens with two attached hydrogens (primary N) is 1. The molecule has 0 unspecified atom stereocenters. The van der Waals surface area contributed by atoms with E-state index in [9.17, 15) is 4.79 Å². The van der Waals surface area contributed by atoms with Crippen LogP contribution in [0, 0.1) is 0 Å². The molecule has 8 heteroatoms. The number of carbonyl (C=O) groups is 1.